The summed E-state index contributed by atoms with van der Waals surface area (Å²) in [6, 6.07) is 5.55. The molecule has 0 saturated carbocycles. The summed E-state index contributed by atoms with van der Waals surface area (Å²) in [5.74, 6) is 0.444. The minimum absolute atomic E-state index is 0.264. The Morgan fingerprint density at radius 3 is 2.95 bits per heavy atom. The third-order valence-corrected chi connectivity index (χ3v) is 3.23. The molecular weight excluding hydrogens is 288 g/mol. The molecule has 0 spiro atoms. The van der Waals surface area contributed by atoms with Crippen molar-refractivity contribution in [2.45, 2.75) is 19.3 Å². The van der Waals surface area contributed by atoms with Gasteiger partial charge in [0.15, 0.2) is 0 Å². The molecule has 2 aromatic rings. The molecular formula is C13H14N6OS. The number of pyridine rings is 1. The highest BCUT2D eigenvalue weighted by atomic mass is 32.1. The van der Waals surface area contributed by atoms with E-state index in [1.54, 1.807) is 17.6 Å². The van der Waals surface area contributed by atoms with Gasteiger partial charge >= 0.3 is 0 Å². The molecule has 7 nitrogen and oxygen atoms in total. The second kappa shape index (κ2) is 7.91. The van der Waals surface area contributed by atoms with Crippen LogP contribution in [0.4, 0.5) is 10.9 Å². The average molecular weight is 302 g/mol. The van der Waals surface area contributed by atoms with Crippen molar-refractivity contribution >= 4 is 28.2 Å². The van der Waals surface area contributed by atoms with Crippen LogP contribution in [0.2, 0.25) is 0 Å². The van der Waals surface area contributed by atoms with E-state index in [1.165, 1.54) is 17.5 Å². The van der Waals surface area contributed by atoms with E-state index in [0.717, 1.165) is 19.4 Å². The fraction of sp³-hybridized carbons (Fsp3) is 0.308. The summed E-state index contributed by atoms with van der Waals surface area (Å²) in [6.45, 7) is 0.755. The Bertz CT molecular complexity index is 605. The molecule has 0 saturated heterocycles. The standard InChI is InChI=1S/C13H14N6OS/c14-6-2-1-3-7-15-11-5-4-10(8-16-11)12(20)18-13-19-17-9-21-13/h4-5,8-9H,1-3,7H2,(H,15,16)(H,18,19,20). The summed E-state index contributed by atoms with van der Waals surface area (Å²) in [5.41, 5.74) is 2.01. The Morgan fingerprint density at radius 2 is 2.29 bits per heavy atom. The molecule has 8 heteroatoms. The summed E-state index contributed by atoms with van der Waals surface area (Å²) >= 11 is 1.26. The number of nitriles is 1. The predicted octanol–water partition coefficient (Wildman–Crippen LogP) is 2.29. The third kappa shape index (κ3) is 4.81. The number of hydrogen-bond acceptors (Lipinski definition) is 7. The lowest BCUT2D eigenvalue weighted by molar-refractivity contribution is 0.102. The van der Waals surface area contributed by atoms with E-state index in [2.05, 4.69) is 31.9 Å². The molecule has 21 heavy (non-hydrogen) atoms. The van der Waals surface area contributed by atoms with Crippen LogP contribution in [0.15, 0.2) is 23.8 Å². The van der Waals surface area contributed by atoms with E-state index in [4.69, 9.17) is 5.26 Å². The van der Waals surface area contributed by atoms with Gasteiger partial charge in [-0.1, -0.05) is 11.3 Å². The largest absolute Gasteiger partial charge is 0.370 e. The number of carbonyl (C=O) groups is 1. The van der Waals surface area contributed by atoms with Crippen molar-refractivity contribution in [3.63, 3.8) is 0 Å². The first-order valence-corrected chi connectivity index (χ1v) is 7.32. The number of hydrogen-bond donors (Lipinski definition) is 2. The number of rotatable bonds is 7. The highest BCUT2D eigenvalue weighted by Gasteiger charge is 2.08. The summed E-state index contributed by atoms with van der Waals surface area (Å²) in [4.78, 5) is 16.1. The van der Waals surface area contributed by atoms with Gasteiger partial charge in [0.25, 0.3) is 5.91 Å². The number of aromatic nitrogens is 3. The zero-order valence-corrected chi connectivity index (χ0v) is 12.1. The van der Waals surface area contributed by atoms with Crippen LogP contribution in [0, 0.1) is 11.3 Å². The lowest BCUT2D eigenvalue weighted by atomic mass is 10.2. The average Bonchev–Trinajstić information content (AvgIpc) is 3.00. The molecule has 0 aliphatic heterocycles. The van der Waals surface area contributed by atoms with Crippen molar-refractivity contribution < 1.29 is 4.79 Å². The van der Waals surface area contributed by atoms with Gasteiger partial charge in [-0.05, 0) is 25.0 Å². The van der Waals surface area contributed by atoms with Gasteiger partial charge < -0.3 is 5.32 Å². The van der Waals surface area contributed by atoms with Gasteiger partial charge in [0, 0.05) is 19.2 Å². The maximum absolute atomic E-state index is 11.9. The minimum Gasteiger partial charge on any atom is -0.370 e. The van der Waals surface area contributed by atoms with Gasteiger partial charge in [0.1, 0.15) is 11.3 Å². The van der Waals surface area contributed by atoms with Gasteiger partial charge in [-0.3, -0.25) is 10.1 Å². The van der Waals surface area contributed by atoms with E-state index in [-0.39, 0.29) is 5.91 Å². The quantitative estimate of drug-likeness (QED) is 0.760. The zero-order chi connectivity index (χ0) is 14.9. The molecule has 2 N–H and O–H groups in total. The van der Waals surface area contributed by atoms with Crippen LogP contribution in [0.3, 0.4) is 0 Å². The van der Waals surface area contributed by atoms with Crippen LogP contribution >= 0.6 is 11.3 Å². The number of nitrogens with one attached hydrogen (secondary N) is 2. The van der Waals surface area contributed by atoms with Crippen LogP contribution in [-0.4, -0.2) is 27.6 Å². The fourth-order valence-electron chi connectivity index (χ4n) is 1.58. The number of carbonyl (C=O) groups excluding carboxylic acids is 1. The highest BCUT2D eigenvalue weighted by Crippen LogP contribution is 2.11. The molecule has 0 radical (unpaired) electrons. The molecule has 2 aromatic heterocycles. The molecule has 0 bridgehead atoms. The smallest absolute Gasteiger partial charge is 0.259 e. The first-order chi connectivity index (χ1) is 10.3. The molecule has 0 aromatic carbocycles. The van der Waals surface area contributed by atoms with E-state index in [1.807, 2.05) is 0 Å². The van der Waals surface area contributed by atoms with Crippen molar-refractivity contribution in [2.75, 3.05) is 17.2 Å². The maximum Gasteiger partial charge on any atom is 0.259 e. The Balaban J connectivity index is 1.81. The molecule has 1 amide bonds. The van der Waals surface area contributed by atoms with Crippen molar-refractivity contribution in [1.82, 2.24) is 15.2 Å². The Hall–Kier alpha value is -2.53. The summed E-state index contributed by atoms with van der Waals surface area (Å²) in [5, 5.41) is 22.1. The SMILES string of the molecule is N#CCCCCNc1ccc(C(=O)Nc2nncs2)cn1. The monoisotopic (exact) mass is 302 g/mol. The van der Waals surface area contributed by atoms with Crippen molar-refractivity contribution in [1.29, 1.82) is 5.26 Å². The number of anilines is 2. The first-order valence-electron chi connectivity index (χ1n) is 6.44. The Kier molecular flexibility index (Phi) is 5.60. The molecule has 0 atom stereocenters. The van der Waals surface area contributed by atoms with Crippen molar-refractivity contribution in [2.24, 2.45) is 0 Å². The number of unbranched alkanes of at least 4 members (excludes halogenated alkanes) is 2. The maximum atomic E-state index is 11.9. The number of nitrogens with zero attached hydrogens (tertiary/aromatic N) is 4. The molecule has 0 unspecified atom stereocenters. The minimum atomic E-state index is -0.264. The first kappa shape index (κ1) is 14.9. The van der Waals surface area contributed by atoms with Crippen LogP contribution in [0.25, 0.3) is 0 Å². The second-order valence-corrected chi connectivity index (χ2v) is 5.01. The molecule has 0 aliphatic carbocycles. The number of amides is 1. The molecule has 108 valence electrons. The van der Waals surface area contributed by atoms with Crippen LogP contribution in [-0.2, 0) is 0 Å². The van der Waals surface area contributed by atoms with Crippen molar-refractivity contribution in [3.8, 4) is 6.07 Å². The van der Waals surface area contributed by atoms with Gasteiger partial charge in [0.2, 0.25) is 5.13 Å². The topological polar surface area (TPSA) is 104 Å². The lowest BCUT2D eigenvalue weighted by Crippen LogP contribution is -2.12. The van der Waals surface area contributed by atoms with Crippen LogP contribution < -0.4 is 10.6 Å². The fourth-order valence-corrected chi connectivity index (χ4v) is 2.02. The van der Waals surface area contributed by atoms with Gasteiger partial charge in [-0.2, -0.15) is 5.26 Å². The van der Waals surface area contributed by atoms with E-state index < -0.39 is 0 Å². The van der Waals surface area contributed by atoms with E-state index >= 15 is 0 Å². The van der Waals surface area contributed by atoms with Crippen molar-refractivity contribution in [3.05, 3.63) is 29.4 Å². The summed E-state index contributed by atoms with van der Waals surface area (Å²) in [7, 11) is 0. The third-order valence-electron chi connectivity index (χ3n) is 2.63. The zero-order valence-electron chi connectivity index (χ0n) is 11.2. The van der Waals surface area contributed by atoms with Crippen LogP contribution in [0.5, 0.6) is 0 Å². The normalized spacial score (nSPS) is 9.86. The Morgan fingerprint density at radius 1 is 1.38 bits per heavy atom. The molecule has 2 heterocycles. The lowest BCUT2D eigenvalue weighted by Gasteiger charge is -2.05. The Labute approximate surface area is 126 Å². The molecule has 0 aliphatic rings. The predicted molar refractivity (Wildman–Crippen MR) is 80.1 cm³/mol. The van der Waals surface area contributed by atoms with Crippen LogP contribution in [0.1, 0.15) is 29.6 Å². The van der Waals surface area contributed by atoms with Gasteiger partial charge in [-0.15, -0.1) is 10.2 Å². The summed E-state index contributed by atoms with van der Waals surface area (Å²) in [6.07, 6.45) is 3.86. The second-order valence-electron chi connectivity index (χ2n) is 4.17. The van der Waals surface area contributed by atoms with Gasteiger partial charge in [-0.25, -0.2) is 4.98 Å². The highest BCUT2D eigenvalue weighted by molar-refractivity contribution is 7.13. The van der Waals surface area contributed by atoms with Gasteiger partial charge in [0.05, 0.1) is 11.6 Å². The van der Waals surface area contributed by atoms with E-state index in [9.17, 15) is 4.79 Å². The van der Waals surface area contributed by atoms with E-state index in [0.29, 0.717) is 22.9 Å². The molecule has 2 rings (SSSR count). The summed E-state index contributed by atoms with van der Waals surface area (Å²) < 4.78 is 0. The molecule has 0 fully saturated rings.